The highest BCUT2D eigenvalue weighted by Crippen LogP contribution is 2.16. The molecule has 0 spiro atoms. The minimum atomic E-state index is 0.277. The van der Waals surface area contributed by atoms with Gasteiger partial charge in [-0.05, 0) is 12.8 Å². The van der Waals surface area contributed by atoms with Crippen LogP contribution in [0.25, 0.3) is 11.0 Å². The minimum absolute atomic E-state index is 0.277. The van der Waals surface area contributed by atoms with Crippen molar-refractivity contribution in [2.75, 3.05) is 25.0 Å². The topological polar surface area (TPSA) is 86.8 Å². The van der Waals surface area contributed by atoms with Crippen LogP contribution in [0.5, 0.6) is 0 Å². The number of nitrogens with one attached hydrogen (secondary N) is 2. The third-order valence-corrected chi connectivity index (χ3v) is 3.32. The predicted molar refractivity (Wildman–Crippen MR) is 70.6 cm³/mol. The number of carbonyl (C=O) groups is 1. The summed E-state index contributed by atoms with van der Waals surface area (Å²) >= 11 is 0. The fraction of sp³-hybridized carbons (Fsp3) is 0.500. The lowest BCUT2D eigenvalue weighted by Crippen LogP contribution is -2.27. The van der Waals surface area contributed by atoms with E-state index in [-0.39, 0.29) is 5.91 Å². The van der Waals surface area contributed by atoms with Crippen LogP contribution in [0.1, 0.15) is 19.3 Å². The Morgan fingerprint density at radius 1 is 1.42 bits per heavy atom. The average molecular weight is 260 g/mol. The van der Waals surface area contributed by atoms with Gasteiger partial charge in [0.1, 0.15) is 12.1 Å². The maximum Gasteiger partial charge on any atom is 0.222 e. The molecule has 2 N–H and O–H groups in total. The van der Waals surface area contributed by atoms with E-state index < -0.39 is 0 Å². The number of amides is 1. The lowest BCUT2D eigenvalue weighted by atomic mass is 10.3. The average Bonchev–Trinajstić information content (AvgIpc) is 3.04. The molecule has 7 nitrogen and oxygen atoms in total. The Morgan fingerprint density at radius 2 is 2.37 bits per heavy atom. The Bertz CT molecular complexity index is 580. The van der Waals surface area contributed by atoms with Crippen molar-refractivity contribution in [2.24, 2.45) is 0 Å². The Labute approximate surface area is 110 Å². The number of rotatable bonds is 5. The van der Waals surface area contributed by atoms with Crippen molar-refractivity contribution in [1.29, 1.82) is 0 Å². The van der Waals surface area contributed by atoms with Crippen LogP contribution in [0.2, 0.25) is 0 Å². The zero-order chi connectivity index (χ0) is 13.1. The van der Waals surface area contributed by atoms with Crippen molar-refractivity contribution in [3.8, 4) is 0 Å². The van der Waals surface area contributed by atoms with Crippen molar-refractivity contribution in [1.82, 2.24) is 25.1 Å². The van der Waals surface area contributed by atoms with E-state index in [4.69, 9.17) is 0 Å². The summed E-state index contributed by atoms with van der Waals surface area (Å²) in [4.78, 5) is 21.7. The summed E-state index contributed by atoms with van der Waals surface area (Å²) < 4.78 is 0. The van der Waals surface area contributed by atoms with Gasteiger partial charge in [-0.3, -0.25) is 9.89 Å². The Balaban J connectivity index is 1.52. The van der Waals surface area contributed by atoms with Crippen molar-refractivity contribution < 1.29 is 4.79 Å². The van der Waals surface area contributed by atoms with E-state index in [9.17, 15) is 4.79 Å². The number of hydrogen-bond donors (Lipinski definition) is 2. The largest absolute Gasteiger partial charge is 0.369 e. The SMILES string of the molecule is O=C1CCCN1CCCNc1ncnc2[nH]ncc12. The first-order chi connectivity index (χ1) is 9.34. The first kappa shape index (κ1) is 11.9. The Hall–Kier alpha value is -2.18. The zero-order valence-electron chi connectivity index (χ0n) is 10.6. The maximum atomic E-state index is 11.5. The molecule has 0 unspecified atom stereocenters. The van der Waals surface area contributed by atoms with Crippen LogP contribution in [0.15, 0.2) is 12.5 Å². The summed E-state index contributed by atoms with van der Waals surface area (Å²) in [7, 11) is 0. The monoisotopic (exact) mass is 260 g/mol. The molecular formula is C12H16N6O. The highest BCUT2D eigenvalue weighted by Gasteiger charge is 2.18. The Kier molecular flexibility index (Phi) is 3.26. The van der Waals surface area contributed by atoms with Crippen LogP contribution in [0.3, 0.4) is 0 Å². The van der Waals surface area contributed by atoms with Crippen molar-refractivity contribution in [3.05, 3.63) is 12.5 Å². The van der Waals surface area contributed by atoms with Gasteiger partial charge in [0.2, 0.25) is 5.91 Å². The predicted octanol–water partition coefficient (Wildman–Crippen LogP) is 0.777. The number of aromatic nitrogens is 4. The van der Waals surface area contributed by atoms with Crippen LogP contribution in [-0.4, -0.2) is 50.6 Å². The summed E-state index contributed by atoms with van der Waals surface area (Å²) in [6.45, 7) is 2.49. The van der Waals surface area contributed by atoms with Gasteiger partial charge in [0.15, 0.2) is 5.65 Å². The molecule has 3 heterocycles. The highest BCUT2D eigenvalue weighted by atomic mass is 16.2. The molecule has 0 saturated carbocycles. The molecule has 1 saturated heterocycles. The van der Waals surface area contributed by atoms with Crippen LogP contribution >= 0.6 is 0 Å². The van der Waals surface area contributed by atoms with Crippen LogP contribution < -0.4 is 5.32 Å². The summed E-state index contributed by atoms with van der Waals surface area (Å²) in [5.41, 5.74) is 0.729. The van der Waals surface area contributed by atoms with Gasteiger partial charge < -0.3 is 10.2 Å². The quantitative estimate of drug-likeness (QED) is 0.776. The molecule has 3 rings (SSSR count). The highest BCUT2D eigenvalue weighted by molar-refractivity contribution is 5.85. The van der Waals surface area contributed by atoms with E-state index in [0.29, 0.717) is 6.42 Å². The van der Waals surface area contributed by atoms with E-state index in [0.717, 1.165) is 49.3 Å². The molecule has 0 aliphatic carbocycles. The van der Waals surface area contributed by atoms with Gasteiger partial charge >= 0.3 is 0 Å². The summed E-state index contributed by atoms with van der Waals surface area (Å²) in [5.74, 6) is 1.06. The summed E-state index contributed by atoms with van der Waals surface area (Å²) in [6, 6.07) is 0. The molecule has 1 aliphatic heterocycles. The van der Waals surface area contributed by atoms with Crippen LogP contribution in [-0.2, 0) is 4.79 Å². The second-order valence-electron chi connectivity index (χ2n) is 4.62. The lowest BCUT2D eigenvalue weighted by Gasteiger charge is -2.15. The molecule has 19 heavy (non-hydrogen) atoms. The van der Waals surface area contributed by atoms with Gasteiger partial charge in [-0.25, -0.2) is 9.97 Å². The van der Waals surface area contributed by atoms with Crippen molar-refractivity contribution in [3.63, 3.8) is 0 Å². The number of H-pyrrole nitrogens is 1. The Morgan fingerprint density at radius 3 is 3.21 bits per heavy atom. The van der Waals surface area contributed by atoms with Crippen molar-refractivity contribution >= 4 is 22.8 Å². The van der Waals surface area contributed by atoms with E-state index in [1.807, 2.05) is 4.90 Å². The molecule has 2 aromatic rings. The minimum Gasteiger partial charge on any atom is -0.369 e. The van der Waals surface area contributed by atoms with Gasteiger partial charge in [-0.1, -0.05) is 0 Å². The van der Waals surface area contributed by atoms with Crippen LogP contribution in [0, 0.1) is 0 Å². The molecule has 7 heteroatoms. The maximum absolute atomic E-state index is 11.5. The number of anilines is 1. The molecule has 100 valence electrons. The zero-order valence-corrected chi connectivity index (χ0v) is 10.6. The fourth-order valence-corrected chi connectivity index (χ4v) is 2.32. The molecule has 2 aromatic heterocycles. The first-order valence-corrected chi connectivity index (χ1v) is 6.50. The van der Waals surface area contributed by atoms with Gasteiger partial charge in [0.25, 0.3) is 0 Å². The number of carbonyl (C=O) groups excluding carboxylic acids is 1. The normalized spacial score (nSPS) is 15.4. The molecule has 0 aromatic carbocycles. The van der Waals surface area contributed by atoms with E-state index in [2.05, 4.69) is 25.5 Å². The number of likely N-dealkylation sites (tertiary alicyclic amines) is 1. The van der Waals surface area contributed by atoms with E-state index in [1.54, 1.807) is 6.20 Å². The summed E-state index contributed by atoms with van der Waals surface area (Å²) in [6.07, 6.45) is 5.83. The molecule has 0 radical (unpaired) electrons. The molecule has 1 fully saturated rings. The number of nitrogens with zero attached hydrogens (tertiary/aromatic N) is 4. The molecule has 0 bridgehead atoms. The second-order valence-corrected chi connectivity index (χ2v) is 4.62. The third-order valence-electron chi connectivity index (χ3n) is 3.32. The third kappa shape index (κ3) is 2.49. The van der Waals surface area contributed by atoms with Gasteiger partial charge in [0.05, 0.1) is 11.6 Å². The number of fused-ring (bicyclic) bond motifs is 1. The van der Waals surface area contributed by atoms with E-state index in [1.165, 1.54) is 6.33 Å². The van der Waals surface area contributed by atoms with Gasteiger partial charge in [-0.2, -0.15) is 5.10 Å². The lowest BCUT2D eigenvalue weighted by molar-refractivity contribution is -0.127. The number of hydrogen-bond acceptors (Lipinski definition) is 5. The molecule has 0 atom stereocenters. The van der Waals surface area contributed by atoms with Gasteiger partial charge in [0, 0.05) is 26.1 Å². The smallest absolute Gasteiger partial charge is 0.222 e. The fourth-order valence-electron chi connectivity index (χ4n) is 2.32. The van der Waals surface area contributed by atoms with Gasteiger partial charge in [-0.15, -0.1) is 0 Å². The number of aromatic amines is 1. The first-order valence-electron chi connectivity index (χ1n) is 6.50. The van der Waals surface area contributed by atoms with Crippen LogP contribution in [0.4, 0.5) is 5.82 Å². The molecule has 1 aliphatic rings. The van der Waals surface area contributed by atoms with E-state index >= 15 is 0 Å². The molecule has 1 amide bonds. The second kappa shape index (κ2) is 5.21. The summed E-state index contributed by atoms with van der Waals surface area (Å²) in [5, 5.41) is 10.9. The molecular weight excluding hydrogens is 244 g/mol. The standard InChI is InChI=1S/C12H16N6O/c19-10-3-1-5-18(10)6-2-4-13-11-9-7-16-17-12(9)15-8-14-11/h7-8H,1-6H2,(H2,13,14,15,16,17). The van der Waals surface area contributed by atoms with Crippen molar-refractivity contribution in [2.45, 2.75) is 19.3 Å².